The maximum atomic E-state index is 13.2. The molecule has 2 unspecified atom stereocenters. The van der Waals surface area contributed by atoms with Crippen LogP contribution in [0.5, 0.6) is 11.5 Å². The molecule has 60 heavy (non-hydrogen) atoms. The summed E-state index contributed by atoms with van der Waals surface area (Å²) in [7, 11) is 0. The second kappa shape index (κ2) is 20.5. The Morgan fingerprint density at radius 2 is 0.983 bits per heavy atom. The summed E-state index contributed by atoms with van der Waals surface area (Å²) >= 11 is 0. The molecule has 2 fully saturated rings. The molecule has 2 aromatic carbocycles. The van der Waals surface area contributed by atoms with Gasteiger partial charge in [-0.3, -0.25) is 9.59 Å². The fraction of sp³-hybridized carbons (Fsp3) is 0.474. The summed E-state index contributed by atoms with van der Waals surface area (Å²) in [5.41, 5.74) is 20.0. The molecule has 0 bridgehead atoms. The fourth-order valence-electron chi connectivity index (χ4n) is 6.26. The van der Waals surface area contributed by atoms with Crippen LogP contribution >= 0.6 is 0 Å². The molecule has 0 aliphatic carbocycles. The van der Waals surface area contributed by atoms with Crippen LogP contribution in [0.3, 0.4) is 0 Å². The molecule has 2 aliphatic heterocycles. The molecule has 2 heterocycles. The van der Waals surface area contributed by atoms with E-state index in [0.29, 0.717) is 24.0 Å². The Bertz CT molecular complexity index is 1820. The summed E-state index contributed by atoms with van der Waals surface area (Å²) in [5, 5.41) is 2.08. The number of carbonyl (C=O) groups excluding carboxylic acids is 8. The lowest BCUT2D eigenvalue weighted by Crippen LogP contribution is -2.57. The summed E-state index contributed by atoms with van der Waals surface area (Å²) in [4.78, 5) is 122. The summed E-state index contributed by atoms with van der Waals surface area (Å²) in [6.45, 7) is 2.34. The molecule has 0 spiro atoms. The SMILES string of the molecule is C[C@@](N)(C(=O)CCC(=O)[C@@](C)(N)C(=O)ON1CCC[C@H]1C(=O)Oc1ccccc1CC(N)C(=O)ON)C(=O)ON1CCC[C@H]1C(=O)Oc1ccccc1CC(N)C(=O)ON. The van der Waals surface area contributed by atoms with Crippen molar-refractivity contribution in [3.8, 4) is 11.5 Å². The van der Waals surface area contributed by atoms with Gasteiger partial charge in [0.15, 0.2) is 22.6 Å². The second-order valence-electron chi connectivity index (χ2n) is 14.7. The van der Waals surface area contributed by atoms with Crippen LogP contribution in [0.25, 0.3) is 0 Å². The van der Waals surface area contributed by atoms with E-state index in [-0.39, 0.29) is 50.3 Å². The third-order valence-electron chi connectivity index (χ3n) is 10.0. The van der Waals surface area contributed by atoms with E-state index in [1.807, 2.05) is 0 Å². The number of Topliss-reactive ketones (excluding diaryl/α,β-unsaturated/α-hetero) is 2. The minimum absolute atomic E-state index is 0.0641. The Balaban J connectivity index is 1.30. The molecule has 326 valence electrons. The van der Waals surface area contributed by atoms with Gasteiger partial charge in [0.2, 0.25) is 0 Å². The Morgan fingerprint density at radius 3 is 1.33 bits per heavy atom. The van der Waals surface area contributed by atoms with Crippen molar-refractivity contribution in [2.75, 3.05) is 13.1 Å². The highest BCUT2D eigenvalue weighted by Gasteiger charge is 2.46. The number of ketones is 2. The first-order valence-electron chi connectivity index (χ1n) is 18.9. The van der Waals surface area contributed by atoms with E-state index in [1.54, 1.807) is 36.4 Å². The zero-order chi connectivity index (χ0) is 44.4. The molecule has 2 saturated heterocycles. The molecule has 22 heteroatoms. The lowest BCUT2D eigenvalue weighted by molar-refractivity contribution is -0.205. The van der Waals surface area contributed by atoms with Gasteiger partial charge in [-0.15, -0.1) is 10.1 Å². The molecule has 4 rings (SSSR count). The van der Waals surface area contributed by atoms with Crippen LogP contribution in [0.2, 0.25) is 0 Å². The number of para-hydroxylation sites is 2. The average molecular weight is 843 g/mol. The van der Waals surface area contributed by atoms with E-state index in [0.717, 1.165) is 24.0 Å². The first-order valence-corrected chi connectivity index (χ1v) is 18.9. The number of ether oxygens (including phenoxy) is 2. The van der Waals surface area contributed by atoms with Crippen molar-refractivity contribution in [3.05, 3.63) is 59.7 Å². The van der Waals surface area contributed by atoms with Crippen molar-refractivity contribution in [1.82, 2.24) is 10.1 Å². The van der Waals surface area contributed by atoms with E-state index < -0.39 is 95.5 Å². The van der Waals surface area contributed by atoms with Gasteiger partial charge < -0.3 is 51.8 Å². The second-order valence-corrected chi connectivity index (χ2v) is 14.7. The Morgan fingerprint density at radius 1 is 0.633 bits per heavy atom. The normalized spacial score (nSPS) is 19.7. The quantitative estimate of drug-likeness (QED) is 0.0384. The molecule has 2 aromatic rings. The lowest BCUT2D eigenvalue weighted by Gasteiger charge is -2.28. The zero-order valence-electron chi connectivity index (χ0n) is 33.1. The van der Waals surface area contributed by atoms with Gasteiger partial charge in [0, 0.05) is 38.8 Å². The smallest absolute Gasteiger partial charge is 0.352 e. The molecule has 12 N–H and O–H groups in total. The van der Waals surface area contributed by atoms with Gasteiger partial charge in [0.1, 0.15) is 35.7 Å². The third-order valence-corrected chi connectivity index (χ3v) is 10.0. The molecular formula is C38H50N8O14. The van der Waals surface area contributed by atoms with Gasteiger partial charge in [-0.25, -0.2) is 28.8 Å². The van der Waals surface area contributed by atoms with Gasteiger partial charge in [0.25, 0.3) is 0 Å². The zero-order valence-corrected chi connectivity index (χ0v) is 33.1. The Labute approximate surface area is 343 Å². The van der Waals surface area contributed by atoms with E-state index in [9.17, 15) is 38.4 Å². The number of carbonyl (C=O) groups is 8. The molecule has 0 amide bonds. The van der Waals surface area contributed by atoms with E-state index in [4.69, 9.17) is 53.9 Å². The lowest BCUT2D eigenvalue weighted by atomic mass is 9.89. The summed E-state index contributed by atoms with van der Waals surface area (Å²) in [6.07, 6.45) is -0.125. The average Bonchev–Trinajstić information content (AvgIpc) is 3.90. The number of hydroxylamine groups is 4. The molecule has 0 saturated carbocycles. The van der Waals surface area contributed by atoms with Gasteiger partial charge >= 0.3 is 35.8 Å². The molecule has 22 nitrogen and oxygen atoms in total. The first-order chi connectivity index (χ1) is 28.3. The Kier molecular flexibility index (Phi) is 16.0. The van der Waals surface area contributed by atoms with Crippen LogP contribution in [0.1, 0.15) is 63.5 Å². The van der Waals surface area contributed by atoms with Crippen molar-refractivity contribution in [1.29, 1.82) is 0 Å². The maximum Gasteiger partial charge on any atom is 0.352 e. The van der Waals surface area contributed by atoms with E-state index >= 15 is 0 Å². The highest BCUT2D eigenvalue weighted by atomic mass is 16.7. The summed E-state index contributed by atoms with van der Waals surface area (Å²) in [5.74, 6) is 2.33. The highest BCUT2D eigenvalue weighted by Crippen LogP contribution is 2.27. The number of rotatable bonds is 19. The van der Waals surface area contributed by atoms with Crippen molar-refractivity contribution < 1.29 is 67.2 Å². The van der Waals surface area contributed by atoms with E-state index in [2.05, 4.69) is 9.68 Å². The van der Waals surface area contributed by atoms with Crippen LogP contribution in [-0.2, 0) is 70.5 Å². The van der Waals surface area contributed by atoms with Crippen LogP contribution in [0.4, 0.5) is 0 Å². The number of benzene rings is 2. The van der Waals surface area contributed by atoms with Crippen molar-refractivity contribution >= 4 is 47.4 Å². The van der Waals surface area contributed by atoms with Crippen LogP contribution in [0.15, 0.2) is 48.5 Å². The van der Waals surface area contributed by atoms with Crippen LogP contribution < -0.4 is 44.2 Å². The Hall–Kier alpha value is -5.72. The molecule has 6 atom stereocenters. The fourth-order valence-corrected chi connectivity index (χ4v) is 6.26. The van der Waals surface area contributed by atoms with Crippen LogP contribution in [0, 0.1) is 0 Å². The van der Waals surface area contributed by atoms with Crippen LogP contribution in [-0.4, -0.2) is 106 Å². The first kappa shape index (κ1) is 47.0. The minimum atomic E-state index is -2.30. The largest absolute Gasteiger partial charge is 0.425 e. The third kappa shape index (κ3) is 11.5. The predicted molar refractivity (Wildman–Crippen MR) is 204 cm³/mol. The molecule has 2 aliphatic rings. The number of nitrogens with zero attached hydrogens (tertiary/aromatic N) is 2. The number of nitrogens with two attached hydrogens (primary N) is 6. The van der Waals surface area contributed by atoms with Crippen molar-refractivity contribution in [3.63, 3.8) is 0 Å². The number of hydrogen-bond acceptors (Lipinski definition) is 22. The molecular weight excluding hydrogens is 792 g/mol. The predicted octanol–water partition coefficient (Wildman–Crippen LogP) is -2.03. The highest BCUT2D eigenvalue weighted by molar-refractivity contribution is 6.11. The number of esters is 2. The summed E-state index contributed by atoms with van der Waals surface area (Å²) in [6, 6.07) is 8.17. The molecule has 0 aromatic heterocycles. The van der Waals surface area contributed by atoms with Gasteiger partial charge in [0.05, 0.1) is 0 Å². The van der Waals surface area contributed by atoms with Gasteiger partial charge in [-0.1, -0.05) is 36.4 Å². The maximum absolute atomic E-state index is 13.2. The topological polar surface area (TPSA) is 355 Å². The minimum Gasteiger partial charge on any atom is -0.425 e. The standard InChI is InChI=1S/C38H50N8O14/c1-37(41,35(53)59-45-17-7-11-25(45)33(51)55-27-13-5-3-9-21(27)19-23(39)31(49)57-43)29(47)15-16-30(48)38(2,42)36(54)60-46-18-8-12-26(46)34(52)56-28-14-6-4-10-22(28)20-24(40)32(50)58-44/h3-6,9-10,13-14,23-26H,7-8,11-12,15-20,39-44H2,1-2H3/t23?,24?,25-,26-,37+,38+/m0/s1. The van der Waals surface area contributed by atoms with Gasteiger partial charge in [-0.05, 0) is 62.8 Å². The van der Waals surface area contributed by atoms with Crippen molar-refractivity contribution in [2.24, 2.45) is 34.7 Å². The van der Waals surface area contributed by atoms with E-state index in [1.165, 1.54) is 12.1 Å². The molecule has 0 radical (unpaired) electrons. The van der Waals surface area contributed by atoms with Gasteiger partial charge in [-0.2, -0.15) is 11.8 Å². The number of hydrogen-bond donors (Lipinski definition) is 6. The van der Waals surface area contributed by atoms with Crippen molar-refractivity contribution in [2.45, 2.75) is 100 Å². The summed E-state index contributed by atoms with van der Waals surface area (Å²) < 4.78 is 11.1. The monoisotopic (exact) mass is 842 g/mol.